The molecule has 0 aliphatic carbocycles. The first kappa shape index (κ1) is 20.3. The Kier molecular flexibility index (Phi) is 5.49. The third-order valence-electron chi connectivity index (χ3n) is 5.22. The number of carbonyl (C=O) groups is 2. The van der Waals surface area contributed by atoms with Crippen LogP contribution >= 0.6 is 0 Å². The molecule has 3 aromatic rings. The predicted octanol–water partition coefficient (Wildman–Crippen LogP) is 3.92. The fraction of sp³-hybridized carbons (Fsp3) is 0.167. The van der Waals surface area contributed by atoms with Gasteiger partial charge in [0.25, 0.3) is 11.7 Å². The Balaban J connectivity index is 1.94. The number of hydrogen-bond donors (Lipinski definition) is 1. The maximum atomic E-state index is 13.1. The molecule has 1 fully saturated rings. The lowest BCUT2D eigenvalue weighted by Gasteiger charge is -2.26. The molecule has 158 valence electrons. The molecule has 4 rings (SSSR count). The van der Waals surface area contributed by atoms with Gasteiger partial charge in [0.15, 0.2) is 0 Å². The van der Waals surface area contributed by atoms with Crippen LogP contribution in [0, 0.1) is 0 Å². The summed E-state index contributed by atoms with van der Waals surface area (Å²) in [7, 11) is 3.02. The van der Waals surface area contributed by atoms with Crippen LogP contribution in [0.1, 0.15) is 22.9 Å². The van der Waals surface area contributed by atoms with E-state index in [9.17, 15) is 14.7 Å². The van der Waals surface area contributed by atoms with Gasteiger partial charge >= 0.3 is 0 Å². The first-order valence-electron chi connectivity index (χ1n) is 9.63. The predicted molar refractivity (Wildman–Crippen MR) is 113 cm³/mol. The molecule has 1 aliphatic heterocycles. The van der Waals surface area contributed by atoms with Crippen LogP contribution in [0.5, 0.6) is 11.5 Å². The third kappa shape index (κ3) is 3.66. The monoisotopic (exact) mass is 419 g/mol. The molecule has 7 heteroatoms. The summed E-state index contributed by atoms with van der Waals surface area (Å²) in [5.74, 6) is -0.272. The summed E-state index contributed by atoms with van der Waals surface area (Å²) in [6.07, 6.45) is 1.50. The largest absolute Gasteiger partial charge is 0.507 e. The second-order valence-electron chi connectivity index (χ2n) is 6.98. The Morgan fingerprint density at radius 2 is 1.81 bits per heavy atom. The van der Waals surface area contributed by atoms with Gasteiger partial charge in [-0.2, -0.15) is 0 Å². The van der Waals surface area contributed by atoms with Gasteiger partial charge in [-0.15, -0.1) is 0 Å². The summed E-state index contributed by atoms with van der Waals surface area (Å²) >= 11 is 0. The van der Waals surface area contributed by atoms with Crippen molar-refractivity contribution in [1.82, 2.24) is 4.90 Å². The quantitative estimate of drug-likeness (QED) is 0.370. The topological polar surface area (TPSA) is 89.2 Å². The first-order valence-corrected chi connectivity index (χ1v) is 9.63. The van der Waals surface area contributed by atoms with E-state index in [0.29, 0.717) is 28.4 Å². The standard InChI is InChI=1S/C24H21NO6/c1-29-16-10-11-19(30-2)18(13-16)21-20(22(26)15-7-4-3-5-8-15)23(27)24(28)25(21)14-17-9-6-12-31-17/h3-13,21,26H,14H2,1-2H3/b22-20+. The SMILES string of the molecule is COc1ccc(OC)c(C2/C(=C(\O)c3ccccc3)C(=O)C(=O)N2Cc2ccco2)c1. The molecule has 1 saturated heterocycles. The van der Waals surface area contributed by atoms with Crippen molar-refractivity contribution < 1.29 is 28.6 Å². The summed E-state index contributed by atoms with van der Waals surface area (Å²) in [5.41, 5.74) is 0.935. The van der Waals surface area contributed by atoms with Crippen molar-refractivity contribution in [3.63, 3.8) is 0 Å². The minimum atomic E-state index is -0.893. The minimum Gasteiger partial charge on any atom is -0.507 e. The van der Waals surface area contributed by atoms with Crippen molar-refractivity contribution in [3.05, 3.63) is 89.4 Å². The molecule has 1 N–H and O–H groups in total. The van der Waals surface area contributed by atoms with Gasteiger partial charge in [0.05, 0.1) is 38.6 Å². The first-order chi connectivity index (χ1) is 15.0. The number of furan rings is 1. The van der Waals surface area contributed by atoms with Crippen LogP contribution in [-0.2, 0) is 16.1 Å². The number of nitrogens with zero attached hydrogens (tertiary/aromatic N) is 1. The van der Waals surface area contributed by atoms with Crippen LogP contribution in [-0.4, -0.2) is 35.9 Å². The lowest BCUT2D eigenvalue weighted by Crippen LogP contribution is -2.29. The maximum Gasteiger partial charge on any atom is 0.296 e. The lowest BCUT2D eigenvalue weighted by molar-refractivity contribution is -0.140. The number of amides is 1. The van der Waals surface area contributed by atoms with E-state index in [4.69, 9.17) is 13.9 Å². The van der Waals surface area contributed by atoms with Crippen molar-refractivity contribution in [2.24, 2.45) is 0 Å². The van der Waals surface area contributed by atoms with Crippen LogP contribution in [0.15, 0.2) is 76.9 Å². The van der Waals surface area contributed by atoms with E-state index in [-0.39, 0.29) is 17.9 Å². The normalized spacial score (nSPS) is 17.7. The number of ketones is 1. The number of benzene rings is 2. The molecule has 0 saturated carbocycles. The summed E-state index contributed by atoms with van der Waals surface area (Å²) < 4.78 is 16.3. The highest BCUT2D eigenvalue weighted by atomic mass is 16.5. The number of ether oxygens (including phenoxy) is 2. The van der Waals surface area contributed by atoms with Gasteiger partial charge in [-0.25, -0.2) is 0 Å². The molecule has 1 aromatic heterocycles. The van der Waals surface area contributed by atoms with Gasteiger partial charge in [-0.05, 0) is 30.3 Å². The number of rotatable bonds is 6. The van der Waals surface area contributed by atoms with Crippen LogP contribution in [0.25, 0.3) is 5.76 Å². The Labute approximate surface area is 179 Å². The number of methoxy groups -OCH3 is 2. The van der Waals surface area contributed by atoms with Crippen LogP contribution < -0.4 is 9.47 Å². The number of aliphatic hydroxyl groups is 1. The van der Waals surface area contributed by atoms with Gasteiger partial charge in [-0.3, -0.25) is 9.59 Å². The van der Waals surface area contributed by atoms with Gasteiger partial charge in [0.1, 0.15) is 23.0 Å². The zero-order chi connectivity index (χ0) is 22.0. The Bertz CT molecular complexity index is 1130. The number of hydrogen-bond acceptors (Lipinski definition) is 6. The summed E-state index contributed by atoms with van der Waals surface area (Å²) in [5, 5.41) is 11.1. The molecular formula is C24H21NO6. The highest BCUT2D eigenvalue weighted by Crippen LogP contribution is 2.44. The van der Waals surface area contributed by atoms with E-state index in [1.807, 2.05) is 0 Å². The number of Topliss-reactive ketones (excluding diaryl/α,β-unsaturated/α-hetero) is 1. The minimum absolute atomic E-state index is 0.0192. The molecule has 1 aliphatic rings. The number of likely N-dealkylation sites (tertiary alicyclic amines) is 1. The molecule has 0 radical (unpaired) electrons. The zero-order valence-electron chi connectivity index (χ0n) is 17.1. The van der Waals surface area contributed by atoms with E-state index >= 15 is 0 Å². The van der Waals surface area contributed by atoms with Gasteiger partial charge < -0.3 is 23.9 Å². The molecule has 31 heavy (non-hydrogen) atoms. The molecule has 1 unspecified atom stereocenters. The number of aliphatic hydroxyl groups excluding tert-OH is 1. The summed E-state index contributed by atoms with van der Waals surface area (Å²) in [6.45, 7) is 0.0498. The molecule has 1 atom stereocenters. The Morgan fingerprint density at radius 1 is 1.03 bits per heavy atom. The van der Waals surface area contributed by atoms with Gasteiger partial charge in [-0.1, -0.05) is 30.3 Å². The second-order valence-corrected chi connectivity index (χ2v) is 6.98. The van der Waals surface area contributed by atoms with E-state index in [1.165, 1.54) is 25.4 Å². The molecule has 2 heterocycles. The highest BCUT2D eigenvalue weighted by molar-refractivity contribution is 6.46. The van der Waals surface area contributed by atoms with E-state index in [0.717, 1.165) is 0 Å². The number of carbonyl (C=O) groups excluding carboxylic acids is 2. The molecule has 1 amide bonds. The Hall–Kier alpha value is -4.00. The van der Waals surface area contributed by atoms with Crippen LogP contribution in [0.2, 0.25) is 0 Å². The molecule has 7 nitrogen and oxygen atoms in total. The van der Waals surface area contributed by atoms with Crippen molar-refractivity contribution in [3.8, 4) is 11.5 Å². The van der Waals surface area contributed by atoms with Crippen LogP contribution in [0.3, 0.4) is 0 Å². The Morgan fingerprint density at radius 3 is 2.45 bits per heavy atom. The average Bonchev–Trinajstić information content (AvgIpc) is 3.41. The van der Waals surface area contributed by atoms with Crippen molar-refractivity contribution in [2.75, 3.05) is 14.2 Å². The van der Waals surface area contributed by atoms with E-state index in [2.05, 4.69) is 0 Å². The molecular weight excluding hydrogens is 398 g/mol. The van der Waals surface area contributed by atoms with Gasteiger partial charge in [0.2, 0.25) is 0 Å². The zero-order valence-corrected chi connectivity index (χ0v) is 17.1. The summed E-state index contributed by atoms with van der Waals surface area (Å²) in [4.78, 5) is 27.5. The average molecular weight is 419 g/mol. The van der Waals surface area contributed by atoms with Crippen LogP contribution in [0.4, 0.5) is 0 Å². The van der Waals surface area contributed by atoms with Gasteiger partial charge in [0, 0.05) is 11.1 Å². The van der Waals surface area contributed by atoms with Crippen molar-refractivity contribution in [2.45, 2.75) is 12.6 Å². The molecule has 2 aromatic carbocycles. The fourth-order valence-corrected chi connectivity index (χ4v) is 3.74. The summed E-state index contributed by atoms with van der Waals surface area (Å²) in [6, 6.07) is 16.3. The smallest absolute Gasteiger partial charge is 0.296 e. The molecule has 0 bridgehead atoms. The lowest BCUT2D eigenvalue weighted by atomic mass is 9.94. The van der Waals surface area contributed by atoms with Crippen molar-refractivity contribution in [1.29, 1.82) is 0 Å². The van der Waals surface area contributed by atoms with E-state index in [1.54, 1.807) is 60.7 Å². The second kappa shape index (κ2) is 8.39. The van der Waals surface area contributed by atoms with Crippen molar-refractivity contribution >= 4 is 17.4 Å². The maximum absolute atomic E-state index is 13.1. The van der Waals surface area contributed by atoms with E-state index < -0.39 is 17.7 Å². The highest BCUT2D eigenvalue weighted by Gasteiger charge is 2.47. The fourth-order valence-electron chi connectivity index (χ4n) is 3.74. The third-order valence-corrected chi connectivity index (χ3v) is 5.22. The molecule has 0 spiro atoms.